The number of likely N-dealkylation sites (N-methyl/N-ethyl adjacent to an activating group) is 1. The molecule has 1 aliphatic heterocycles. The van der Waals surface area contributed by atoms with E-state index >= 15 is 0 Å². The molecule has 3 rings (SSSR count). The minimum Gasteiger partial charge on any atom is -0.444 e. The van der Waals surface area contributed by atoms with Crippen LogP contribution in [0.2, 0.25) is 0 Å². The average Bonchev–Trinajstić information content (AvgIpc) is 3.34. The van der Waals surface area contributed by atoms with E-state index < -0.39 is 5.60 Å². The lowest BCUT2D eigenvalue weighted by Gasteiger charge is -2.28. The van der Waals surface area contributed by atoms with Crippen LogP contribution in [0.15, 0.2) is 34.0 Å². The van der Waals surface area contributed by atoms with Gasteiger partial charge in [-0.15, -0.1) is 0 Å². The molecule has 1 atom stereocenters. The van der Waals surface area contributed by atoms with Gasteiger partial charge in [0.15, 0.2) is 0 Å². The van der Waals surface area contributed by atoms with Crippen molar-refractivity contribution in [2.45, 2.75) is 51.0 Å². The van der Waals surface area contributed by atoms with Crippen molar-refractivity contribution in [1.29, 1.82) is 0 Å². The van der Waals surface area contributed by atoms with E-state index in [1.165, 1.54) is 11.8 Å². The predicted molar refractivity (Wildman–Crippen MR) is 114 cm³/mol. The molecule has 8 nitrogen and oxygen atoms in total. The fraction of sp³-hybridized carbons (Fsp3) is 0.524. The molecule has 0 N–H and O–H groups in total. The number of carbonyl (C=O) groups is 2. The number of hydrogen-bond acceptors (Lipinski definition) is 7. The topological polar surface area (TPSA) is 88.8 Å². The number of amides is 2. The highest BCUT2D eigenvalue weighted by molar-refractivity contribution is 7.99. The van der Waals surface area contributed by atoms with Crippen LogP contribution in [0.4, 0.5) is 4.79 Å². The number of hydrogen-bond donors (Lipinski definition) is 0. The molecule has 30 heavy (non-hydrogen) atoms. The zero-order chi connectivity index (χ0) is 21.9. The van der Waals surface area contributed by atoms with Crippen LogP contribution in [-0.4, -0.2) is 69.5 Å². The highest BCUT2D eigenvalue weighted by atomic mass is 32.2. The largest absolute Gasteiger partial charge is 0.444 e. The van der Waals surface area contributed by atoms with Crippen LogP contribution in [-0.2, 0) is 9.53 Å². The second-order valence-electron chi connectivity index (χ2n) is 8.42. The van der Waals surface area contributed by atoms with Crippen molar-refractivity contribution in [1.82, 2.24) is 19.9 Å². The first-order valence-electron chi connectivity index (χ1n) is 9.89. The Bertz CT molecular complexity index is 908. The highest BCUT2D eigenvalue weighted by Crippen LogP contribution is 2.24. The van der Waals surface area contributed by atoms with Crippen molar-refractivity contribution in [2.24, 2.45) is 0 Å². The minimum absolute atomic E-state index is 0.0182. The second kappa shape index (κ2) is 9.07. The maximum Gasteiger partial charge on any atom is 0.410 e. The molecule has 1 saturated heterocycles. The van der Waals surface area contributed by atoms with E-state index in [1.807, 2.05) is 52.0 Å². The zero-order valence-electron chi connectivity index (χ0n) is 18.0. The molecule has 0 unspecified atom stereocenters. The number of rotatable bonds is 5. The molecular weight excluding hydrogens is 404 g/mol. The first kappa shape index (κ1) is 22.1. The monoisotopic (exact) mass is 432 g/mol. The number of aromatic nitrogens is 2. The summed E-state index contributed by atoms with van der Waals surface area (Å²) in [6, 6.07) is 7.79. The van der Waals surface area contributed by atoms with Gasteiger partial charge < -0.3 is 19.1 Å². The highest BCUT2D eigenvalue weighted by Gasteiger charge is 2.33. The molecule has 9 heteroatoms. The van der Waals surface area contributed by atoms with Gasteiger partial charge in [0.05, 0.1) is 11.8 Å². The van der Waals surface area contributed by atoms with Crippen molar-refractivity contribution >= 4 is 23.8 Å². The predicted octanol–water partition coefficient (Wildman–Crippen LogP) is 3.60. The maximum atomic E-state index is 12.6. The van der Waals surface area contributed by atoms with Crippen molar-refractivity contribution in [3.05, 3.63) is 29.8 Å². The molecule has 1 aromatic carbocycles. The summed E-state index contributed by atoms with van der Waals surface area (Å²) in [6.07, 6.45) is 0.357. The van der Waals surface area contributed by atoms with Crippen LogP contribution in [0.3, 0.4) is 0 Å². The first-order chi connectivity index (χ1) is 14.1. The van der Waals surface area contributed by atoms with Gasteiger partial charge in [0.1, 0.15) is 5.60 Å². The van der Waals surface area contributed by atoms with E-state index in [4.69, 9.17) is 9.26 Å². The zero-order valence-corrected chi connectivity index (χ0v) is 18.9. The van der Waals surface area contributed by atoms with Gasteiger partial charge in [-0.3, -0.25) is 4.79 Å². The molecule has 2 heterocycles. The summed E-state index contributed by atoms with van der Waals surface area (Å²) >= 11 is 1.22. The summed E-state index contributed by atoms with van der Waals surface area (Å²) in [6.45, 7) is 8.61. The Morgan fingerprint density at radius 2 is 2.13 bits per heavy atom. The average molecular weight is 433 g/mol. The molecule has 2 amide bonds. The van der Waals surface area contributed by atoms with Gasteiger partial charge in [0, 0.05) is 25.7 Å². The molecule has 0 aliphatic carbocycles. The molecule has 1 aliphatic rings. The van der Waals surface area contributed by atoms with Crippen molar-refractivity contribution in [3.63, 3.8) is 0 Å². The maximum absolute atomic E-state index is 12.6. The smallest absolute Gasteiger partial charge is 0.410 e. The lowest BCUT2D eigenvalue weighted by Crippen LogP contribution is -2.42. The molecule has 1 fully saturated rings. The Morgan fingerprint density at radius 3 is 2.83 bits per heavy atom. The molecule has 0 saturated carbocycles. The summed E-state index contributed by atoms with van der Waals surface area (Å²) in [5, 5.41) is 4.36. The number of nitrogens with zero attached hydrogens (tertiary/aromatic N) is 4. The second-order valence-corrected chi connectivity index (χ2v) is 9.34. The van der Waals surface area contributed by atoms with Gasteiger partial charge in [-0.25, -0.2) is 4.79 Å². The number of ether oxygens (including phenoxy) is 1. The summed E-state index contributed by atoms with van der Waals surface area (Å²) in [5.41, 5.74) is 1.45. The quantitative estimate of drug-likeness (QED) is 0.667. The van der Waals surface area contributed by atoms with E-state index in [0.717, 1.165) is 17.5 Å². The van der Waals surface area contributed by atoms with Gasteiger partial charge >= 0.3 is 6.09 Å². The van der Waals surface area contributed by atoms with E-state index in [-0.39, 0.29) is 23.8 Å². The standard InChI is InChI=1S/C21H28N4O4S/c1-14-7-6-8-15(11-14)18-22-19(29-23-18)30-13-17(26)25-10-9-16(12-25)24(5)20(27)28-21(2,3)4/h6-8,11,16H,9-10,12-13H2,1-5H3/t16-/m1/s1. The number of benzene rings is 1. The summed E-state index contributed by atoms with van der Waals surface area (Å²) in [5.74, 6) is 0.697. The Hall–Kier alpha value is -2.55. The van der Waals surface area contributed by atoms with Gasteiger partial charge in [-0.05, 0) is 40.2 Å². The minimum atomic E-state index is -0.544. The van der Waals surface area contributed by atoms with Crippen molar-refractivity contribution < 1.29 is 18.8 Å². The van der Waals surface area contributed by atoms with Crippen LogP contribution < -0.4 is 0 Å². The summed E-state index contributed by atoms with van der Waals surface area (Å²) in [7, 11) is 1.72. The number of carbonyl (C=O) groups excluding carboxylic acids is 2. The SMILES string of the molecule is Cc1cccc(-c2noc(SCC(=O)N3CC[C@@H](N(C)C(=O)OC(C)(C)C)C3)n2)c1. The fourth-order valence-corrected chi connectivity index (χ4v) is 3.82. The lowest BCUT2D eigenvalue weighted by molar-refractivity contribution is -0.127. The third-order valence-electron chi connectivity index (χ3n) is 4.75. The van der Waals surface area contributed by atoms with Crippen molar-refractivity contribution in [2.75, 3.05) is 25.9 Å². The van der Waals surface area contributed by atoms with Crippen LogP contribution >= 0.6 is 11.8 Å². The number of aryl methyl sites for hydroxylation is 1. The van der Waals surface area contributed by atoms with Crippen LogP contribution in [0.5, 0.6) is 0 Å². The van der Waals surface area contributed by atoms with Gasteiger partial charge in [0.25, 0.3) is 5.22 Å². The van der Waals surface area contributed by atoms with Crippen LogP contribution in [0.1, 0.15) is 32.8 Å². The Labute approximate surface area is 180 Å². The lowest BCUT2D eigenvalue weighted by atomic mass is 10.1. The Balaban J connectivity index is 1.50. The van der Waals surface area contributed by atoms with E-state index in [2.05, 4.69) is 10.1 Å². The third kappa shape index (κ3) is 5.75. The molecule has 162 valence electrons. The van der Waals surface area contributed by atoms with Gasteiger partial charge in [-0.1, -0.05) is 40.7 Å². The van der Waals surface area contributed by atoms with Gasteiger partial charge in [0.2, 0.25) is 11.7 Å². The molecule has 1 aromatic heterocycles. The molecule has 2 aromatic rings. The van der Waals surface area contributed by atoms with Crippen molar-refractivity contribution in [3.8, 4) is 11.4 Å². The summed E-state index contributed by atoms with van der Waals surface area (Å²) in [4.78, 5) is 32.5. The molecule has 0 spiro atoms. The Kier molecular flexibility index (Phi) is 6.70. The molecular formula is C21H28N4O4S. The van der Waals surface area contributed by atoms with E-state index in [1.54, 1.807) is 16.8 Å². The van der Waals surface area contributed by atoms with E-state index in [9.17, 15) is 9.59 Å². The third-order valence-corrected chi connectivity index (χ3v) is 5.55. The number of thioether (sulfide) groups is 1. The summed E-state index contributed by atoms with van der Waals surface area (Å²) < 4.78 is 10.7. The normalized spacial score (nSPS) is 16.6. The van der Waals surface area contributed by atoms with Crippen LogP contribution in [0.25, 0.3) is 11.4 Å². The van der Waals surface area contributed by atoms with Gasteiger partial charge in [-0.2, -0.15) is 4.98 Å². The van der Waals surface area contributed by atoms with E-state index in [0.29, 0.717) is 24.1 Å². The number of likely N-dealkylation sites (tertiary alicyclic amines) is 1. The molecule has 0 radical (unpaired) electrons. The Morgan fingerprint density at radius 1 is 1.37 bits per heavy atom. The van der Waals surface area contributed by atoms with Crippen LogP contribution in [0, 0.1) is 6.92 Å². The fourth-order valence-electron chi connectivity index (χ4n) is 3.15. The molecule has 0 bridgehead atoms. The first-order valence-corrected chi connectivity index (χ1v) is 10.9.